The van der Waals surface area contributed by atoms with E-state index in [2.05, 4.69) is 0 Å². The third-order valence-electron chi connectivity index (χ3n) is 2.43. The van der Waals surface area contributed by atoms with Crippen LogP contribution in [0, 0.1) is 10.1 Å². The third kappa shape index (κ3) is 1.36. The summed E-state index contributed by atoms with van der Waals surface area (Å²) in [5, 5.41) is 10.6. The Kier molecular flexibility index (Phi) is 1.79. The van der Waals surface area contributed by atoms with Gasteiger partial charge in [0, 0.05) is 17.7 Å². The minimum Gasteiger partial charge on any atom is -0.451 e. The number of non-ortho nitro benzene ring substituents is 1. The van der Waals surface area contributed by atoms with Gasteiger partial charge in [0.25, 0.3) is 5.69 Å². The predicted octanol–water partition coefficient (Wildman–Crippen LogP) is 2.00. The molecule has 1 aliphatic heterocycles. The molecule has 0 spiro atoms. The maximum absolute atomic E-state index is 11.4. The molecule has 1 heterocycles. The number of cyclic esters (lactones) is 1. The largest absolute Gasteiger partial charge is 0.451 e. The van der Waals surface area contributed by atoms with Crippen LogP contribution in [0.2, 0.25) is 0 Å². The second-order valence-electron chi connectivity index (χ2n) is 3.89. The second-order valence-corrected chi connectivity index (χ2v) is 3.89. The van der Waals surface area contributed by atoms with Crippen molar-refractivity contribution in [3.05, 3.63) is 39.4 Å². The maximum Gasteiger partial charge on any atom is 0.339 e. The van der Waals surface area contributed by atoms with E-state index in [1.54, 1.807) is 13.8 Å². The average molecular weight is 207 g/mol. The summed E-state index contributed by atoms with van der Waals surface area (Å²) in [7, 11) is 0. The zero-order chi connectivity index (χ0) is 11.2. The van der Waals surface area contributed by atoms with Gasteiger partial charge in [-0.1, -0.05) is 0 Å². The first-order valence-corrected chi connectivity index (χ1v) is 4.44. The number of carbonyl (C=O) groups is 1. The van der Waals surface area contributed by atoms with E-state index >= 15 is 0 Å². The van der Waals surface area contributed by atoms with Gasteiger partial charge in [-0.15, -0.1) is 0 Å². The second kappa shape index (κ2) is 2.79. The minimum absolute atomic E-state index is 0.0277. The lowest BCUT2D eigenvalue weighted by molar-refractivity contribution is -0.385. The van der Waals surface area contributed by atoms with Gasteiger partial charge in [-0.3, -0.25) is 10.1 Å². The number of nitro groups is 1. The van der Waals surface area contributed by atoms with Crippen molar-refractivity contribution in [2.75, 3.05) is 0 Å². The molecule has 2 rings (SSSR count). The van der Waals surface area contributed by atoms with Crippen molar-refractivity contribution < 1.29 is 14.5 Å². The summed E-state index contributed by atoms with van der Waals surface area (Å²) in [6.45, 7) is 3.42. The number of benzene rings is 1. The molecule has 5 heteroatoms. The molecule has 1 aromatic rings. The van der Waals surface area contributed by atoms with Crippen LogP contribution in [0.15, 0.2) is 18.2 Å². The molecule has 0 saturated carbocycles. The first-order chi connectivity index (χ1) is 6.92. The topological polar surface area (TPSA) is 69.4 Å². The van der Waals surface area contributed by atoms with E-state index in [4.69, 9.17) is 4.74 Å². The van der Waals surface area contributed by atoms with E-state index in [0.29, 0.717) is 11.1 Å². The van der Waals surface area contributed by atoms with Crippen molar-refractivity contribution in [2.45, 2.75) is 19.4 Å². The molecule has 0 N–H and O–H groups in total. The van der Waals surface area contributed by atoms with Gasteiger partial charge in [-0.2, -0.15) is 0 Å². The summed E-state index contributed by atoms with van der Waals surface area (Å²) in [5.74, 6) is -0.426. The van der Waals surface area contributed by atoms with Crippen LogP contribution in [-0.2, 0) is 10.3 Å². The summed E-state index contributed by atoms with van der Waals surface area (Å²) >= 11 is 0. The van der Waals surface area contributed by atoms with Crippen molar-refractivity contribution in [3.63, 3.8) is 0 Å². The summed E-state index contributed by atoms with van der Waals surface area (Å²) in [6.07, 6.45) is 0. The summed E-state index contributed by atoms with van der Waals surface area (Å²) < 4.78 is 5.09. The van der Waals surface area contributed by atoms with E-state index < -0.39 is 16.5 Å². The Labute approximate surface area is 85.8 Å². The number of nitrogens with zero attached hydrogens (tertiary/aromatic N) is 1. The molecule has 15 heavy (non-hydrogen) atoms. The lowest BCUT2D eigenvalue weighted by Gasteiger charge is -2.16. The highest BCUT2D eigenvalue weighted by molar-refractivity contribution is 5.95. The number of hydrogen-bond acceptors (Lipinski definition) is 4. The van der Waals surface area contributed by atoms with E-state index in [1.165, 1.54) is 18.2 Å². The molecule has 0 saturated heterocycles. The third-order valence-corrected chi connectivity index (χ3v) is 2.43. The molecule has 0 aromatic heterocycles. The average Bonchev–Trinajstić information content (AvgIpc) is 2.37. The first-order valence-electron chi connectivity index (χ1n) is 4.44. The first kappa shape index (κ1) is 9.64. The fourth-order valence-corrected chi connectivity index (χ4v) is 1.66. The van der Waals surface area contributed by atoms with Crippen molar-refractivity contribution in [3.8, 4) is 0 Å². The van der Waals surface area contributed by atoms with Crippen LogP contribution in [0.5, 0.6) is 0 Å². The SMILES string of the molecule is CC1(C)OC(=O)c2ccc([N+](=O)[O-])cc21. The number of esters is 1. The van der Waals surface area contributed by atoms with Crippen molar-refractivity contribution >= 4 is 11.7 Å². The fourth-order valence-electron chi connectivity index (χ4n) is 1.66. The van der Waals surface area contributed by atoms with Crippen LogP contribution in [0.4, 0.5) is 5.69 Å². The number of hydrogen-bond donors (Lipinski definition) is 0. The number of nitro benzene ring substituents is 1. The molecule has 0 amide bonds. The number of carbonyl (C=O) groups excluding carboxylic acids is 1. The highest BCUT2D eigenvalue weighted by atomic mass is 16.6. The van der Waals surface area contributed by atoms with Crippen molar-refractivity contribution in [2.24, 2.45) is 0 Å². The Hall–Kier alpha value is -1.91. The Balaban J connectivity index is 2.62. The molecule has 0 radical (unpaired) electrons. The van der Waals surface area contributed by atoms with Gasteiger partial charge in [-0.05, 0) is 19.9 Å². The fraction of sp³-hybridized carbons (Fsp3) is 0.300. The quantitative estimate of drug-likeness (QED) is 0.401. The van der Waals surface area contributed by atoms with E-state index in [1.807, 2.05) is 0 Å². The zero-order valence-corrected chi connectivity index (χ0v) is 8.31. The summed E-state index contributed by atoms with van der Waals surface area (Å²) in [6, 6.07) is 4.13. The van der Waals surface area contributed by atoms with Gasteiger partial charge in [-0.25, -0.2) is 4.79 Å². The molecule has 1 aliphatic rings. The molecule has 0 aliphatic carbocycles. The lowest BCUT2D eigenvalue weighted by atomic mass is 9.95. The van der Waals surface area contributed by atoms with Crippen LogP contribution in [0.25, 0.3) is 0 Å². The molecular formula is C10H9NO4. The Morgan fingerprint density at radius 3 is 2.67 bits per heavy atom. The number of rotatable bonds is 1. The van der Waals surface area contributed by atoms with Gasteiger partial charge >= 0.3 is 5.97 Å². The Morgan fingerprint density at radius 1 is 1.40 bits per heavy atom. The van der Waals surface area contributed by atoms with E-state index in [0.717, 1.165) is 0 Å². The Morgan fingerprint density at radius 2 is 2.07 bits per heavy atom. The van der Waals surface area contributed by atoms with Gasteiger partial charge in [0.1, 0.15) is 5.60 Å². The lowest BCUT2D eigenvalue weighted by Crippen LogP contribution is -2.16. The van der Waals surface area contributed by atoms with Crippen LogP contribution >= 0.6 is 0 Å². The highest BCUT2D eigenvalue weighted by Crippen LogP contribution is 2.37. The van der Waals surface area contributed by atoms with Crippen LogP contribution in [0.3, 0.4) is 0 Å². The van der Waals surface area contributed by atoms with Crippen LogP contribution in [0.1, 0.15) is 29.8 Å². The standard InChI is InChI=1S/C10H9NO4/c1-10(2)8-5-6(11(13)14)3-4-7(8)9(12)15-10/h3-5H,1-2H3. The number of ether oxygens (including phenoxy) is 1. The predicted molar refractivity (Wildman–Crippen MR) is 51.5 cm³/mol. The van der Waals surface area contributed by atoms with Gasteiger partial charge < -0.3 is 4.74 Å². The molecule has 0 fully saturated rings. The normalized spacial score (nSPS) is 17.1. The van der Waals surface area contributed by atoms with Gasteiger partial charge in [0.15, 0.2) is 0 Å². The monoisotopic (exact) mass is 207 g/mol. The number of fused-ring (bicyclic) bond motifs is 1. The molecule has 0 atom stereocenters. The maximum atomic E-state index is 11.4. The van der Waals surface area contributed by atoms with Gasteiger partial charge in [0.05, 0.1) is 10.5 Å². The highest BCUT2D eigenvalue weighted by Gasteiger charge is 2.38. The molecule has 1 aromatic carbocycles. The van der Waals surface area contributed by atoms with Crippen LogP contribution < -0.4 is 0 Å². The van der Waals surface area contributed by atoms with Crippen molar-refractivity contribution in [1.82, 2.24) is 0 Å². The summed E-state index contributed by atoms with van der Waals surface area (Å²) in [5.41, 5.74) is 0.172. The van der Waals surface area contributed by atoms with E-state index in [9.17, 15) is 14.9 Å². The van der Waals surface area contributed by atoms with Gasteiger partial charge in [0.2, 0.25) is 0 Å². The zero-order valence-electron chi connectivity index (χ0n) is 8.31. The molecular weight excluding hydrogens is 198 g/mol. The summed E-state index contributed by atoms with van der Waals surface area (Å²) in [4.78, 5) is 21.5. The smallest absolute Gasteiger partial charge is 0.339 e. The minimum atomic E-state index is -0.779. The Bertz CT molecular complexity index is 464. The molecule has 78 valence electrons. The molecule has 5 nitrogen and oxygen atoms in total. The van der Waals surface area contributed by atoms with E-state index in [-0.39, 0.29) is 5.69 Å². The van der Waals surface area contributed by atoms with Crippen LogP contribution in [-0.4, -0.2) is 10.9 Å². The van der Waals surface area contributed by atoms with Crippen molar-refractivity contribution in [1.29, 1.82) is 0 Å². The molecule has 0 unspecified atom stereocenters. The molecule has 0 bridgehead atoms.